The third-order valence-electron chi connectivity index (χ3n) is 4.30. The van der Waals surface area contributed by atoms with E-state index in [0.717, 1.165) is 16.8 Å². The van der Waals surface area contributed by atoms with Crippen molar-refractivity contribution >= 4 is 17.6 Å². The lowest BCUT2D eigenvalue weighted by Gasteiger charge is -2.38. The van der Waals surface area contributed by atoms with Crippen LogP contribution in [0.1, 0.15) is 22.9 Å². The quantitative estimate of drug-likeness (QED) is 0.931. The molecule has 0 radical (unpaired) electrons. The average Bonchev–Trinajstić information content (AvgIpc) is 2.58. The monoisotopic (exact) mass is 339 g/mol. The minimum Gasteiger partial charge on any atom is -0.356 e. The Morgan fingerprint density at radius 2 is 1.92 bits per heavy atom. The second-order valence-electron chi connectivity index (χ2n) is 6.25. The maximum absolute atomic E-state index is 12.8. The smallest absolute Gasteiger partial charge is 0.257 e. The molecule has 0 spiro atoms. The van der Waals surface area contributed by atoms with Gasteiger partial charge >= 0.3 is 0 Å². The van der Waals surface area contributed by atoms with Crippen molar-refractivity contribution < 1.29 is 14.3 Å². The molecule has 0 aliphatic carbocycles. The molecule has 130 valence electrons. The Kier molecular flexibility index (Phi) is 4.81. The van der Waals surface area contributed by atoms with Crippen molar-refractivity contribution in [2.24, 2.45) is 0 Å². The molecule has 6 nitrogen and oxygen atoms in total. The van der Waals surface area contributed by atoms with Crippen molar-refractivity contribution in [1.82, 2.24) is 9.88 Å². The summed E-state index contributed by atoms with van der Waals surface area (Å²) in [5, 5.41) is 2.79. The molecule has 0 bridgehead atoms. The number of carbonyl (C=O) groups excluding carboxylic acids is 2. The predicted octanol–water partition coefficient (Wildman–Crippen LogP) is 2.24. The molecule has 3 rings (SSSR count). The molecule has 1 saturated heterocycles. The van der Waals surface area contributed by atoms with Gasteiger partial charge in [0.15, 0.2) is 6.10 Å². The van der Waals surface area contributed by atoms with Gasteiger partial charge in [-0.2, -0.15) is 0 Å². The molecule has 1 aliphatic heterocycles. The van der Waals surface area contributed by atoms with Gasteiger partial charge in [-0.25, -0.2) is 4.98 Å². The SMILES string of the molecule is Cc1ccc([C@@H]2[C@@H](C(=O)Nc3cccc(C)n3)OCC(=O)N2C)cc1. The van der Waals surface area contributed by atoms with E-state index in [1.54, 1.807) is 18.0 Å². The molecule has 2 heterocycles. The molecule has 0 saturated carbocycles. The van der Waals surface area contributed by atoms with Gasteiger partial charge in [0.1, 0.15) is 12.4 Å². The minimum absolute atomic E-state index is 0.113. The second kappa shape index (κ2) is 7.03. The normalized spacial score (nSPS) is 20.4. The van der Waals surface area contributed by atoms with Gasteiger partial charge in [-0.05, 0) is 31.5 Å². The maximum atomic E-state index is 12.8. The Morgan fingerprint density at radius 3 is 2.60 bits per heavy atom. The third kappa shape index (κ3) is 3.69. The summed E-state index contributed by atoms with van der Waals surface area (Å²) in [7, 11) is 1.70. The topological polar surface area (TPSA) is 71.5 Å². The van der Waals surface area contributed by atoms with E-state index >= 15 is 0 Å². The first-order valence-electron chi connectivity index (χ1n) is 8.14. The first-order valence-corrected chi connectivity index (χ1v) is 8.14. The molecule has 0 unspecified atom stereocenters. The van der Waals surface area contributed by atoms with Crippen molar-refractivity contribution in [3.05, 3.63) is 59.3 Å². The van der Waals surface area contributed by atoms with Gasteiger partial charge in [0.25, 0.3) is 5.91 Å². The van der Waals surface area contributed by atoms with Crippen LogP contribution in [0.4, 0.5) is 5.82 Å². The number of likely N-dealkylation sites (N-methyl/N-ethyl adjacent to an activating group) is 1. The summed E-state index contributed by atoms with van der Waals surface area (Å²) in [5.41, 5.74) is 2.78. The number of ether oxygens (including phenoxy) is 1. The highest BCUT2D eigenvalue weighted by molar-refractivity contribution is 5.95. The highest BCUT2D eigenvalue weighted by Gasteiger charge is 2.40. The van der Waals surface area contributed by atoms with E-state index in [-0.39, 0.29) is 18.4 Å². The number of hydrogen-bond donors (Lipinski definition) is 1. The number of rotatable bonds is 3. The van der Waals surface area contributed by atoms with E-state index in [4.69, 9.17) is 4.74 Å². The number of morpholine rings is 1. The fraction of sp³-hybridized carbons (Fsp3) is 0.316. The van der Waals surface area contributed by atoms with Crippen LogP contribution in [0.2, 0.25) is 0 Å². The fourth-order valence-electron chi connectivity index (χ4n) is 2.90. The molecule has 1 N–H and O–H groups in total. The number of anilines is 1. The van der Waals surface area contributed by atoms with Gasteiger partial charge in [0, 0.05) is 12.7 Å². The fourth-order valence-corrected chi connectivity index (χ4v) is 2.90. The number of benzene rings is 1. The average molecular weight is 339 g/mol. The maximum Gasteiger partial charge on any atom is 0.257 e. The standard InChI is InChI=1S/C19H21N3O3/c1-12-7-9-14(10-8-12)17-18(25-11-16(23)22(17)3)19(24)21-15-6-4-5-13(2)20-15/h4-10,17-18H,11H2,1-3H3,(H,20,21,24)/t17-,18+/m1/s1. The van der Waals surface area contributed by atoms with E-state index in [2.05, 4.69) is 10.3 Å². The number of amides is 2. The molecule has 2 atom stereocenters. The van der Waals surface area contributed by atoms with E-state index in [1.807, 2.05) is 50.2 Å². The van der Waals surface area contributed by atoms with Crippen LogP contribution in [0.25, 0.3) is 0 Å². The van der Waals surface area contributed by atoms with Crippen LogP contribution in [0.3, 0.4) is 0 Å². The molecule has 1 aliphatic rings. The van der Waals surface area contributed by atoms with Crippen molar-refractivity contribution in [2.45, 2.75) is 26.0 Å². The van der Waals surface area contributed by atoms with Crippen LogP contribution in [-0.4, -0.2) is 41.5 Å². The summed E-state index contributed by atoms with van der Waals surface area (Å²) >= 11 is 0. The number of aryl methyl sites for hydroxylation is 2. The van der Waals surface area contributed by atoms with Gasteiger partial charge in [-0.3, -0.25) is 9.59 Å². The van der Waals surface area contributed by atoms with Gasteiger partial charge in [-0.1, -0.05) is 35.9 Å². The minimum atomic E-state index is -0.798. The van der Waals surface area contributed by atoms with E-state index < -0.39 is 12.1 Å². The van der Waals surface area contributed by atoms with Gasteiger partial charge in [0.05, 0.1) is 6.04 Å². The molecule has 1 aromatic carbocycles. The molecular formula is C19H21N3O3. The lowest BCUT2D eigenvalue weighted by Crippen LogP contribution is -2.51. The van der Waals surface area contributed by atoms with Crippen LogP contribution >= 0.6 is 0 Å². The Morgan fingerprint density at radius 1 is 1.20 bits per heavy atom. The highest BCUT2D eigenvalue weighted by atomic mass is 16.5. The third-order valence-corrected chi connectivity index (χ3v) is 4.30. The molecule has 25 heavy (non-hydrogen) atoms. The Hall–Kier alpha value is -2.73. The summed E-state index contributed by atoms with van der Waals surface area (Å²) in [4.78, 5) is 30.7. The lowest BCUT2D eigenvalue weighted by molar-refractivity contribution is -0.160. The summed E-state index contributed by atoms with van der Waals surface area (Å²) in [6, 6.07) is 12.7. The van der Waals surface area contributed by atoms with Crippen molar-refractivity contribution in [3.8, 4) is 0 Å². The van der Waals surface area contributed by atoms with Crippen molar-refractivity contribution in [3.63, 3.8) is 0 Å². The van der Waals surface area contributed by atoms with Gasteiger partial charge in [-0.15, -0.1) is 0 Å². The number of nitrogens with zero attached hydrogens (tertiary/aromatic N) is 2. The molecule has 2 aromatic rings. The van der Waals surface area contributed by atoms with Crippen molar-refractivity contribution in [1.29, 1.82) is 0 Å². The first-order chi connectivity index (χ1) is 12.0. The van der Waals surface area contributed by atoms with Crippen LogP contribution in [0.15, 0.2) is 42.5 Å². The Balaban J connectivity index is 1.87. The molecule has 1 fully saturated rings. The molecular weight excluding hydrogens is 318 g/mol. The Labute approximate surface area is 146 Å². The highest BCUT2D eigenvalue weighted by Crippen LogP contribution is 2.30. The summed E-state index contributed by atoms with van der Waals surface area (Å²) in [6.45, 7) is 3.73. The zero-order valence-electron chi connectivity index (χ0n) is 14.5. The second-order valence-corrected chi connectivity index (χ2v) is 6.25. The molecule has 1 aromatic heterocycles. The van der Waals surface area contributed by atoms with Crippen LogP contribution in [0, 0.1) is 13.8 Å². The largest absolute Gasteiger partial charge is 0.356 e. The first kappa shape index (κ1) is 17.1. The van der Waals surface area contributed by atoms with E-state index in [0.29, 0.717) is 5.82 Å². The zero-order chi connectivity index (χ0) is 18.0. The zero-order valence-corrected chi connectivity index (χ0v) is 14.5. The van der Waals surface area contributed by atoms with Gasteiger partial charge < -0.3 is 15.0 Å². The predicted molar refractivity (Wildman–Crippen MR) is 94.0 cm³/mol. The number of pyridine rings is 1. The van der Waals surface area contributed by atoms with Crippen LogP contribution in [-0.2, 0) is 14.3 Å². The Bertz CT molecular complexity index is 789. The van der Waals surface area contributed by atoms with Crippen LogP contribution in [0.5, 0.6) is 0 Å². The summed E-state index contributed by atoms with van der Waals surface area (Å²) < 4.78 is 5.59. The number of aromatic nitrogens is 1. The number of nitrogens with one attached hydrogen (secondary N) is 1. The molecule has 2 amide bonds. The lowest BCUT2D eigenvalue weighted by atomic mass is 9.97. The van der Waals surface area contributed by atoms with E-state index in [9.17, 15) is 9.59 Å². The number of hydrogen-bond acceptors (Lipinski definition) is 4. The number of carbonyl (C=O) groups is 2. The van der Waals surface area contributed by atoms with E-state index in [1.165, 1.54) is 0 Å². The summed E-state index contributed by atoms with van der Waals surface area (Å²) in [5.74, 6) is 0.00198. The van der Waals surface area contributed by atoms with Crippen LogP contribution < -0.4 is 5.32 Å². The van der Waals surface area contributed by atoms with Gasteiger partial charge in [0.2, 0.25) is 5.91 Å². The van der Waals surface area contributed by atoms with Crippen molar-refractivity contribution in [2.75, 3.05) is 19.0 Å². The molecule has 6 heteroatoms. The summed E-state index contributed by atoms with van der Waals surface area (Å²) in [6.07, 6.45) is -0.798.